The lowest BCUT2D eigenvalue weighted by molar-refractivity contribution is -0.137. The number of fused-ring (bicyclic) bond motifs is 2. The van der Waals surface area contributed by atoms with E-state index < -0.39 is 63.7 Å². The molecule has 6 rings (SSSR count). The zero-order valence-corrected chi connectivity index (χ0v) is 24.7. The third-order valence-corrected chi connectivity index (χ3v) is 10.3. The summed E-state index contributed by atoms with van der Waals surface area (Å²) in [5.74, 6) is -3.41. The fraction of sp³-hybridized carbons (Fsp3) is 0.172. The van der Waals surface area contributed by atoms with E-state index in [9.17, 15) is 32.3 Å². The summed E-state index contributed by atoms with van der Waals surface area (Å²) in [5.41, 5.74) is -0.496. The molecule has 14 heteroatoms. The fourth-order valence-electron chi connectivity index (χ4n) is 5.30. The molecule has 1 fully saturated rings. The van der Waals surface area contributed by atoms with E-state index in [0.29, 0.717) is 31.2 Å². The molecule has 3 amide bonds. The van der Waals surface area contributed by atoms with Crippen molar-refractivity contribution >= 4 is 75.4 Å². The van der Waals surface area contributed by atoms with Crippen LogP contribution in [0.1, 0.15) is 21.9 Å². The number of alkyl halides is 3. The van der Waals surface area contributed by atoms with Crippen LogP contribution in [0.15, 0.2) is 82.6 Å². The van der Waals surface area contributed by atoms with Gasteiger partial charge in [-0.05, 0) is 54.1 Å². The van der Waals surface area contributed by atoms with Crippen LogP contribution in [0.2, 0.25) is 10.0 Å². The zero-order valence-electron chi connectivity index (χ0n) is 21.6. The Morgan fingerprint density at radius 1 is 0.884 bits per heavy atom. The van der Waals surface area contributed by atoms with Crippen LogP contribution in [0.5, 0.6) is 0 Å². The predicted octanol–water partition coefficient (Wildman–Crippen LogP) is 6.67. The van der Waals surface area contributed by atoms with Gasteiger partial charge in [0.05, 0.1) is 27.9 Å². The van der Waals surface area contributed by atoms with Crippen LogP contribution in [0.3, 0.4) is 0 Å². The Bertz CT molecular complexity index is 1820. The first-order valence-electron chi connectivity index (χ1n) is 12.7. The SMILES string of the molecule is O=C(Cn1c2c(sc1=O)[C@H](c1ccc(Cl)cc1)C1C(=O)N(c3ccc(Cl)cc3)C(=O)C1S2)Nc1ccccc1C(F)(F)F. The van der Waals surface area contributed by atoms with Gasteiger partial charge in [0.15, 0.2) is 0 Å². The molecule has 220 valence electrons. The van der Waals surface area contributed by atoms with Crippen molar-refractivity contribution in [1.82, 2.24) is 4.57 Å². The van der Waals surface area contributed by atoms with Crippen LogP contribution < -0.4 is 15.1 Å². The maximum absolute atomic E-state index is 13.9. The molecule has 0 bridgehead atoms. The summed E-state index contributed by atoms with van der Waals surface area (Å²) < 4.78 is 41.6. The number of nitrogens with one attached hydrogen (secondary N) is 1. The van der Waals surface area contributed by atoms with Crippen molar-refractivity contribution in [3.63, 3.8) is 0 Å². The second-order valence-electron chi connectivity index (χ2n) is 9.80. The first-order chi connectivity index (χ1) is 20.4. The number of aromatic nitrogens is 1. The summed E-state index contributed by atoms with van der Waals surface area (Å²) in [5, 5.41) is 2.49. The van der Waals surface area contributed by atoms with Crippen molar-refractivity contribution in [1.29, 1.82) is 0 Å². The van der Waals surface area contributed by atoms with E-state index in [0.717, 1.165) is 44.7 Å². The molecule has 0 aliphatic carbocycles. The quantitative estimate of drug-likeness (QED) is 0.241. The number of imide groups is 1. The molecule has 0 spiro atoms. The molecule has 3 aromatic carbocycles. The monoisotopic (exact) mass is 663 g/mol. The second-order valence-corrected chi connectivity index (χ2v) is 12.8. The Kier molecular flexibility index (Phi) is 7.66. The average molecular weight is 665 g/mol. The average Bonchev–Trinajstić information content (AvgIpc) is 3.40. The van der Waals surface area contributed by atoms with Gasteiger partial charge < -0.3 is 5.32 Å². The minimum atomic E-state index is -4.70. The Morgan fingerprint density at radius 2 is 1.51 bits per heavy atom. The number of anilines is 2. The highest BCUT2D eigenvalue weighted by Gasteiger charge is 2.56. The van der Waals surface area contributed by atoms with Crippen LogP contribution in [0.25, 0.3) is 0 Å². The van der Waals surface area contributed by atoms with Crippen LogP contribution in [0.4, 0.5) is 24.5 Å². The van der Waals surface area contributed by atoms with Gasteiger partial charge in [-0.25, -0.2) is 4.90 Å². The number of rotatable bonds is 5. The van der Waals surface area contributed by atoms with Gasteiger partial charge in [-0.15, -0.1) is 0 Å². The van der Waals surface area contributed by atoms with Gasteiger partial charge in [0.2, 0.25) is 17.7 Å². The van der Waals surface area contributed by atoms with Gasteiger partial charge in [-0.3, -0.25) is 23.7 Å². The van der Waals surface area contributed by atoms with Gasteiger partial charge in [0, 0.05) is 20.8 Å². The number of para-hydroxylation sites is 1. The number of halogens is 5. The molecule has 1 aromatic heterocycles. The van der Waals surface area contributed by atoms with Crippen molar-refractivity contribution in [3.8, 4) is 0 Å². The molecule has 2 aliphatic heterocycles. The van der Waals surface area contributed by atoms with Crippen LogP contribution in [-0.2, 0) is 27.1 Å². The zero-order chi connectivity index (χ0) is 30.6. The molecule has 3 heterocycles. The summed E-state index contributed by atoms with van der Waals surface area (Å²) in [6.07, 6.45) is -4.70. The molecular formula is C29H18Cl2F3N3O4S2. The van der Waals surface area contributed by atoms with Crippen molar-refractivity contribution in [2.75, 3.05) is 10.2 Å². The molecule has 3 atom stereocenters. The fourth-order valence-corrected chi connectivity index (χ4v) is 8.33. The normalized spacial score (nSPS) is 19.7. The molecule has 0 radical (unpaired) electrons. The van der Waals surface area contributed by atoms with E-state index in [1.165, 1.54) is 12.1 Å². The van der Waals surface area contributed by atoms with E-state index in [2.05, 4.69) is 5.32 Å². The highest BCUT2D eigenvalue weighted by atomic mass is 35.5. The van der Waals surface area contributed by atoms with Crippen molar-refractivity contribution < 1.29 is 27.6 Å². The highest BCUT2D eigenvalue weighted by Crippen LogP contribution is 2.54. The lowest BCUT2D eigenvalue weighted by Crippen LogP contribution is -2.33. The summed E-state index contributed by atoms with van der Waals surface area (Å²) in [7, 11) is 0. The lowest BCUT2D eigenvalue weighted by atomic mass is 9.83. The number of thiazole rings is 1. The number of hydrogen-bond acceptors (Lipinski definition) is 6. The van der Waals surface area contributed by atoms with Crippen LogP contribution in [0, 0.1) is 5.92 Å². The van der Waals surface area contributed by atoms with Crippen LogP contribution in [-0.4, -0.2) is 27.5 Å². The maximum atomic E-state index is 13.9. The first-order valence-corrected chi connectivity index (χ1v) is 15.1. The minimum Gasteiger partial charge on any atom is -0.324 e. The van der Waals surface area contributed by atoms with Crippen LogP contribution >= 0.6 is 46.3 Å². The molecule has 4 aromatic rings. The lowest BCUT2D eigenvalue weighted by Gasteiger charge is -2.30. The van der Waals surface area contributed by atoms with E-state index in [1.807, 2.05) is 0 Å². The predicted molar refractivity (Wildman–Crippen MR) is 159 cm³/mol. The molecule has 1 N–H and O–H groups in total. The van der Waals surface area contributed by atoms with Crippen molar-refractivity contribution in [2.24, 2.45) is 5.92 Å². The second kappa shape index (κ2) is 11.2. The Hall–Kier alpha value is -3.58. The highest BCUT2D eigenvalue weighted by molar-refractivity contribution is 8.00. The van der Waals surface area contributed by atoms with Crippen molar-refractivity contribution in [3.05, 3.63) is 109 Å². The third kappa shape index (κ3) is 5.37. The van der Waals surface area contributed by atoms with Crippen molar-refractivity contribution in [2.45, 2.75) is 28.9 Å². The molecule has 43 heavy (non-hydrogen) atoms. The molecular weight excluding hydrogens is 646 g/mol. The summed E-state index contributed by atoms with van der Waals surface area (Å²) in [4.78, 5) is 54.9. The minimum absolute atomic E-state index is 0.301. The number of thioether (sulfide) groups is 1. The Morgan fingerprint density at radius 3 is 2.16 bits per heavy atom. The number of amides is 3. The van der Waals surface area contributed by atoms with E-state index in [1.54, 1.807) is 48.5 Å². The van der Waals surface area contributed by atoms with E-state index in [-0.39, 0.29) is 0 Å². The topological polar surface area (TPSA) is 88.5 Å². The van der Waals surface area contributed by atoms with Gasteiger partial charge in [-0.2, -0.15) is 13.2 Å². The number of carbonyl (C=O) groups excluding carboxylic acids is 3. The molecule has 7 nitrogen and oxygen atoms in total. The van der Waals surface area contributed by atoms with Gasteiger partial charge in [-0.1, -0.05) is 70.6 Å². The Balaban J connectivity index is 1.39. The summed E-state index contributed by atoms with van der Waals surface area (Å²) >= 11 is 13.9. The molecule has 2 aliphatic rings. The van der Waals surface area contributed by atoms with E-state index >= 15 is 0 Å². The Labute approximate surface area is 260 Å². The smallest absolute Gasteiger partial charge is 0.324 e. The van der Waals surface area contributed by atoms with Gasteiger partial charge >= 0.3 is 11.0 Å². The molecule has 1 saturated heterocycles. The number of benzene rings is 3. The number of hydrogen-bond donors (Lipinski definition) is 1. The summed E-state index contributed by atoms with van der Waals surface area (Å²) in [6, 6.07) is 17.5. The molecule has 0 saturated carbocycles. The van der Waals surface area contributed by atoms with Gasteiger partial charge in [0.25, 0.3) is 0 Å². The maximum Gasteiger partial charge on any atom is 0.418 e. The summed E-state index contributed by atoms with van der Waals surface area (Å²) in [6.45, 7) is -0.600. The number of carbonyl (C=O) groups is 3. The first kappa shape index (κ1) is 29.5. The molecule has 2 unspecified atom stereocenters. The third-order valence-electron chi connectivity index (χ3n) is 7.17. The standard InChI is InChI=1S/C29H18Cl2F3N3O4S2/c30-15-7-5-14(6-8-15)21-22-23(26(40)37(25(22)39)17-11-9-16(31)10-12-17)42-27-24(21)43-28(41)36(27)13-20(38)35-19-4-2-1-3-18(19)29(32,33)34/h1-12,21-23H,13H2,(H,35,38)/t21-,22?,23?/m1/s1. The van der Waals surface area contributed by atoms with E-state index in [4.69, 9.17) is 23.2 Å². The number of nitrogens with zero attached hydrogens (tertiary/aromatic N) is 2. The van der Waals surface area contributed by atoms with Gasteiger partial charge in [0.1, 0.15) is 11.8 Å². The largest absolute Gasteiger partial charge is 0.418 e.